The van der Waals surface area contributed by atoms with Crippen molar-refractivity contribution in [3.8, 4) is 0 Å². The summed E-state index contributed by atoms with van der Waals surface area (Å²) < 4.78 is 5.44. The lowest BCUT2D eigenvalue weighted by molar-refractivity contribution is 0.0286. The molecule has 1 aromatic rings. The minimum atomic E-state index is -0.295. The first-order chi connectivity index (χ1) is 8.25. The van der Waals surface area contributed by atoms with Gasteiger partial charge >= 0.3 is 0 Å². The number of carbonyl (C=O) groups excluding carboxylic acids is 1. The van der Waals surface area contributed by atoms with Gasteiger partial charge in [-0.25, -0.2) is 0 Å². The second-order valence-corrected chi connectivity index (χ2v) is 3.84. The minimum absolute atomic E-state index is 0.0110. The molecule has 1 aromatic heterocycles. The van der Waals surface area contributed by atoms with E-state index in [1.54, 1.807) is 12.1 Å². The Morgan fingerprint density at radius 1 is 1.53 bits per heavy atom. The summed E-state index contributed by atoms with van der Waals surface area (Å²) in [7, 11) is 0. The number of morpholine rings is 1. The molecular formula is C11H15N3O3. The molecule has 0 bridgehead atoms. The van der Waals surface area contributed by atoms with Gasteiger partial charge < -0.3 is 20.4 Å². The SMILES string of the molecule is O=C(NCC1CNCCO1)c1cccc(=O)[nH]1. The zero-order chi connectivity index (χ0) is 12.1. The number of H-pyrrole nitrogens is 1. The summed E-state index contributed by atoms with van der Waals surface area (Å²) in [6, 6.07) is 4.48. The quantitative estimate of drug-likeness (QED) is 0.636. The fourth-order valence-corrected chi connectivity index (χ4v) is 1.63. The van der Waals surface area contributed by atoms with Gasteiger partial charge in [-0.1, -0.05) is 6.07 Å². The molecule has 1 unspecified atom stereocenters. The predicted molar refractivity (Wildman–Crippen MR) is 62.0 cm³/mol. The maximum absolute atomic E-state index is 11.7. The van der Waals surface area contributed by atoms with Crippen LogP contribution in [0.25, 0.3) is 0 Å². The molecule has 0 spiro atoms. The maximum atomic E-state index is 11.7. The summed E-state index contributed by atoms with van der Waals surface area (Å²) in [6.07, 6.45) is -0.0110. The highest BCUT2D eigenvalue weighted by Crippen LogP contribution is 1.95. The smallest absolute Gasteiger partial charge is 0.267 e. The van der Waals surface area contributed by atoms with Gasteiger partial charge in [-0.2, -0.15) is 0 Å². The Hall–Kier alpha value is -1.66. The lowest BCUT2D eigenvalue weighted by Crippen LogP contribution is -2.45. The fraction of sp³-hybridized carbons (Fsp3) is 0.455. The molecule has 6 nitrogen and oxygen atoms in total. The molecule has 1 atom stereocenters. The van der Waals surface area contributed by atoms with Gasteiger partial charge in [-0.15, -0.1) is 0 Å². The van der Waals surface area contributed by atoms with Gasteiger partial charge in [0.25, 0.3) is 5.91 Å². The highest BCUT2D eigenvalue weighted by Gasteiger charge is 2.14. The average Bonchev–Trinajstić information content (AvgIpc) is 2.37. The molecule has 0 saturated carbocycles. The Kier molecular flexibility index (Phi) is 3.89. The Labute approximate surface area is 98.4 Å². The molecule has 2 rings (SSSR count). The van der Waals surface area contributed by atoms with Crippen molar-refractivity contribution in [3.63, 3.8) is 0 Å². The Bertz CT molecular complexity index is 438. The highest BCUT2D eigenvalue weighted by atomic mass is 16.5. The number of ether oxygens (including phenoxy) is 1. The Morgan fingerprint density at radius 3 is 3.12 bits per heavy atom. The van der Waals surface area contributed by atoms with Crippen molar-refractivity contribution in [1.29, 1.82) is 0 Å². The molecule has 6 heteroatoms. The summed E-state index contributed by atoms with van der Waals surface area (Å²) in [4.78, 5) is 25.2. The molecule has 1 amide bonds. The van der Waals surface area contributed by atoms with Crippen LogP contribution in [0.3, 0.4) is 0 Å². The first-order valence-corrected chi connectivity index (χ1v) is 5.55. The van der Waals surface area contributed by atoms with Gasteiger partial charge in [0.2, 0.25) is 5.56 Å². The molecule has 1 aliphatic rings. The average molecular weight is 237 g/mol. The molecule has 2 heterocycles. The minimum Gasteiger partial charge on any atom is -0.374 e. The molecule has 1 fully saturated rings. The van der Waals surface area contributed by atoms with Crippen molar-refractivity contribution in [3.05, 3.63) is 34.2 Å². The van der Waals surface area contributed by atoms with Gasteiger partial charge in [0.05, 0.1) is 12.7 Å². The monoisotopic (exact) mass is 237 g/mol. The zero-order valence-corrected chi connectivity index (χ0v) is 9.36. The van der Waals surface area contributed by atoms with E-state index in [0.29, 0.717) is 13.2 Å². The Morgan fingerprint density at radius 2 is 2.41 bits per heavy atom. The summed E-state index contributed by atoms with van der Waals surface area (Å²) >= 11 is 0. The number of amides is 1. The van der Waals surface area contributed by atoms with Gasteiger partial charge in [-0.05, 0) is 6.07 Å². The molecular weight excluding hydrogens is 222 g/mol. The van der Waals surface area contributed by atoms with Gasteiger partial charge in [-0.3, -0.25) is 9.59 Å². The third-order valence-corrected chi connectivity index (χ3v) is 2.51. The van der Waals surface area contributed by atoms with Crippen LogP contribution in [0.5, 0.6) is 0 Å². The number of pyridine rings is 1. The van der Waals surface area contributed by atoms with Crippen molar-refractivity contribution in [1.82, 2.24) is 15.6 Å². The van der Waals surface area contributed by atoms with Crippen molar-refractivity contribution in [2.24, 2.45) is 0 Å². The van der Waals surface area contributed by atoms with E-state index in [-0.39, 0.29) is 23.3 Å². The maximum Gasteiger partial charge on any atom is 0.267 e. The first-order valence-electron chi connectivity index (χ1n) is 5.55. The number of aromatic nitrogens is 1. The number of hydrogen-bond donors (Lipinski definition) is 3. The summed E-state index contributed by atoms with van der Waals surface area (Å²) in [5.41, 5.74) is -0.0190. The van der Waals surface area contributed by atoms with E-state index in [4.69, 9.17) is 4.74 Å². The van der Waals surface area contributed by atoms with Crippen LogP contribution >= 0.6 is 0 Å². The van der Waals surface area contributed by atoms with Crippen molar-refractivity contribution >= 4 is 5.91 Å². The van der Waals surface area contributed by atoms with Gasteiger partial charge in [0, 0.05) is 25.7 Å². The second-order valence-electron chi connectivity index (χ2n) is 3.84. The molecule has 0 aromatic carbocycles. The van der Waals surface area contributed by atoms with Crippen molar-refractivity contribution in [2.45, 2.75) is 6.10 Å². The molecule has 92 valence electrons. The van der Waals surface area contributed by atoms with Crippen LogP contribution in [0, 0.1) is 0 Å². The number of rotatable bonds is 3. The number of nitrogens with one attached hydrogen (secondary N) is 3. The van der Waals surface area contributed by atoms with Crippen LogP contribution in [0.2, 0.25) is 0 Å². The third kappa shape index (κ3) is 3.40. The molecule has 1 aliphatic heterocycles. The Balaban J connectivity index is 1.86. The molecule has 17 heavy (non-hydrogen) atoms. The molecule has 0 radical (unpaired) electrons. The normalized spacial score (nSPS) is 19.9. The number of hydrogen-bond acceptors (Lipinski definition) is 4. The van der Waals surface area contributed by atoms with Crippen LogP contribution in [-0.4, -0.2) is 43.2 Å². The molecule has 0 aliphatic carbocycles. The number of aromatic amines is 1. The van der Waals surface area contributed by atoms with E-state index >= 15 is 0 Å². The lowest BCUT2D eigenvalue weighted by atomic mass is 10.3. The van der Waals surface area contributed by atoms with Gasteiger partial charge in [0.1, 0.15) is 5.69 Å². The lowest BCUT2D eigenvalue weighted by Gasteiger charge is -2.23. The summed E-state index contributed by atoms with van der Waals surface area (Å²) in [6.45, 7) is 2.66. The fourth-order valence-electron chi connectivity index (χ4n) is 1.63. The largest absolute Gasteiger partial charge is 0.374 e. The van der Waals surface area contributed by atoms with E-state index in [0.717, 1.165) is 13.1 Å². The van der Waals surface area contributed by atoms with Crippen LogP contribution in [0.15, 0.2) is 23.0 Å². The third-order valence-electron chi connectivity index (χ3n) is 2.51. The van der Waals surface area contributed by atoms with Crippen LogP contribution in [0.4, 0.5) is 0 Å². The van der Waals surface area contributed by atoms with E-state index in [1.807, 2.05) is 0 Å². The standard InChI is InChI=1S/C11H15N3O3/c15-10-3-1-2-9(14-10)11(16)13-7-8-6-12-4-5-17-8/h1-3,8,12H,4-7H2,(H,13,16)(H,14,15). The van der Waals surface area contributed by atoms with E-state index in [9.17, 15) is 9.59 Å². The second kappa shape index (κ2) is 5.60. The molecule has 1 saturated heterocycles. The van der Waals surface area contributed by atoms with E-state index in [2.05, 4.69) is 15.6 Å². The van der Waals surface area contributed by atoms with E-state index in [1.165, 1.54) is 6.07 Å². The zero-order valence-electron chi connectivity index (χ0n) is 9.36. The predicted octanol–water partition coefficient (Wildman–Crippen LogP) is -0.907. The van der Waals surface area contributed by atoms with Crippen LogP contribution < -0.4 is 16.2 Å². The highest BCUT2D eigenvalue weighted by molar-refractivity contribution is 5.92. The van der Waals surface area contributed by atoms with Crippen molar-refractivity contribution < 1.29 is 9.53 Å². The summed E-state index contributed by atoms with van der Waals surface area (Å²) in [5, 5.41) is 5.90. The van der Waals surface area contributed by atoms with Gasteiger partial charge in [0.15, 0.2) is 0 Å². The first kappa shape index (κ1) is 11.8. The van der Waals surface area contributed by atoms with Crippen LogP contribution in [0.1, 0.15) is 10.5 Å². The van der Waals surface area contributed by atoms with E-state index < -0.39 is 0 Å². The number of carbonyl (C=O) groups is 1. The van der Waals surface area contributed by atoms with Crippen LogP contribution in [-0.2, 0) is 4.74 Å². The molecule has 3 N–H and O–H groups in total. The van der Waals surface area contributed by atoms with Crippen molar-refractivity contribution in [2.75, 3.05) is 26.2 Å². The summed E-state index contributed by atoms with van der Waals surface area (Å²) in [5.74, 6) is -0.295. The topological polar surface area (TPSA) is 83.2 Å².